The van der Waals surface area contributed by atoms with E-state index in [0.29, 0.717) is 22.1 Å². The maximum absolute atomic E-state index is 12.6. The third-order valence-electron chi connectivity index (χ3n) is 4.34. The number of nitrogens with one attached hydrogen (secondary N) is 1. The number of aliphatic hydroxyl groups excluding tert-OH is 1. The minimum absolute atomic E-state index is 0.0894. The molecule has 1 aromatic rings. The lowest BCUT2D eigenvalue weighted by Gasteiger charge is -2.21. The highest BCUT2D eigenvalue weighted by molar-refractivity contribution is 7.89. The Kier molecular flexibility index (Phi) is 5.30. The first kappa shape index (κ1) is 16.7. The molecular formula is C15H22ClNO3S. The molecule has 118 valence electrons. The number of rotatable bonds is 5. The molecule has 1 atom stereocenters. The molecule has 2 N–H and O–H groups in total. The average molecular weight is 332 g/mol. The van der Waals surface area contributed by atoms with Gasteiger partial charge in [-0.1, -0.05) is 24.4 Å². The summed E-state index contributed by atoms with van der Waals surface area (Å²) in [6.07, 6.45) is 4.48. The van der Waals surface area contributed by atoms with Crippen molar-refractivity contribution in [2.24, 2.45) is 5.92 Å². The van der Waals surface area contributed by atoms with Crippen LogP contribution in [0.4, 0.5) is 0 Å². The Morgan fingerprint density at radius 3 is 2.57 bits per heavy atom. The van der Waals surface area contributed by atoms with Crippen molar-refractivity contribution in [2.75, 3.05) is 0 Å². The maximum atomic E-state index is 12.6. The molecule has 0 saturated heterocycles. The highest BCUT2D eigenvalue weighted by Crippen LogP contribution is 2.29. The van der Waals surface area contributed by atoms with Crippen LogP contribution < -0.4 is 4.72 Å². The average Bonchev–Trinajstić information content (AvgIpc) is 2.94. The van der Waals surface area contributed by atoms with E-state index in [1.54, 1.807) is 13.0 Å². The molecule has 0 aromatic heterocycles. The van der Waals surface area contributed by atoms with Crippen molar-refractivity contribution >= 4 is 21.6 Å². The summed E-state index contributed by atoms with van der Waals surface area (Å²) in [6, 6.07) is 2.95. The molecule has 4 nitrogen and oxygen atoms in total. The van der Waals surface area contributed by atoms with Gasteiger partial charge in [0.15, 0.2) is 0 Å². The van der Waals surface area contributed by atoms with Crippen LogP contribution in [0, 0.1) is 12.8 Å². The van der Waals surface area contributed by atoms with E-state index in [4.69, 9.17) is 11.6 Å². The molecule has 6 heteroatoms. The summed E-state index contributed by atoms with van der Waals surface area (Å²) >= 11 is 5.97. The molecule has 1 fully saturated rings. The zero-order chi connectivity index (χ0) is 15.6. The monoisotopic (exact) mass is 331 g/mol. The van der Waals surface area contributed by atoms with Crippen LogP contribution in [0.25, 0.3) is 0 Å². The molecule has 1 aliphatic carbocycles. The number of halogens is 1. The van der Waals surface area contributed by atoms with Gasteiger partial charge in [-0.25, -0.2) is 13.1 Å². The number of hydrogen-bond acceptors (Lipinski definition) is 3. The number of sulfonamides is 1. The fraction of sp³-hybridized carbons (Fsp3) is 0.600. The molecule has 1 aliphatic rings. The Morgan fingerprint density at radius 1 is 1.38 bits per heavy atom. The molecule has 0 radical (unpaired) electrons. The number of hydrogen-bond donors (Lipinski definition) is 2. The van der Waals surface area contributed by atoms with Crippen molar-refractivity contribution in [1.29, 1.82) is 0 Å². The zero-order valence-corrected chi connectivity index (χ0v) is 14.0. The van der Waals surface area contributed by atoms with Gasteiger partial charge in [0.05, 0.1) is 11.5 Å². The predicted molar refractivity (Wildman–Crippen MR) is 83.9 cm³/mol. The van der Waals surface area contributed by atoms with E-state index < -0.39 is 10.0 Å². The summed E-state index contributed by atoms with van der Waals surface area (Å²) in [5, 5.41) is 9.63. The Labute approximate surface area is 131 Å². The standard InChI is InChI=1S/C15H22ClNO3S/c1-10-13(9-18)7-14(16)8-15(10)21(19,20)17-11(2)12-5-3-4-6-12/h7-8,11-12,17-18H,3-6,9H2,1-2H3. The second-order valence-electron chi connectivity index (χ2n) is 5.80. The second-order valence-corrected chi connectivity index (χ2v) is 7.92. The fourth-order valence-corrected chi connectivity index (χ4v) is 4.94. The molecule has 1 saturated carbocycles. The molecular weight excluding hydrogens is 310 g/mol. The van der Waals surface area contributed by atoms with Crippen LogP contribution in [0.15, 0.2) is 17.0 Å². The summed E-state index contributed by atoms with van der Waals surface area (Å²) in [5.41, 5.74) is 1.09. The van der Waals surface area contributed by atoms with Crippen LogP contribution in [0.2, 0.25) is 5.02 Å². The SMILES string of the molecule is Cc1c(CO)cc(Cl)cc1S(=O)(=O)NC(C)C1CCCC1. The van der Waals surface area contributed by atoms with E-state index in [-0.39, 0.29) is 17.5 Å². The molecule has 1 unspecified atom stereocenters. The summed E-state index contributed by atoms with van der Waals surface area (Å²) in [4.78, 5) is 0.156. The van der Waals surface area contributed by atoms with E-state index in [1.807, 2.05) is 6.92 Å². The Balaban J connectivity index is 2.28. The molecule has 0 aliphatic heterocycles. The van der Waals surface area contributed by atoms with Gasteiger partial charge in [-0.2, -0.15) is 0 Å². The minimum Gasteiger partial charge on any atom is -0.392 e. The highest BCUT2D eigenvalue weighted by Gasteiger charge is 2.27. The molecule has 0 spiro atoms. The quantitative estimate of drug-likeness (QED) is 0.871. The van der Waals surface area contributed by atoms with Gasteiger partial charge in [0.25, 0.3) is 0 Å². The first-order valence-corrected chi connectivity index (χ1v) is 9.13. The summed E-state index contributed by atoms with van der Waals surface area (Å²) in [6.45, 7) is 3.38. The molecule has 0 heterocycles. The van der Waals surface area contributed by atoms with Gasteiger partial charge in [0, 0.05) is 11.1 Å². The normalized spacial score (nSPS) is 18.1. The molecule has 2 rings (SSSR count). The summed E-state index contributed by atoms with van der Waals surface area (Å²) in [5.74, 6) is 0.400. The van der Waals surface area contributed by atoms with Gasteiger partial charge in [0.2, 0.25) is 10.0 Å². The van der Waals surface area contributed by atoms with Crippen LogP contribution in [0.3, 0.4) is 0 Å². The lowest BCUT2D eigenvalue weighted by atomic mass is 10.0. The largest absolute Gasteiger partial charge is 0.392 e. The van der Waals surface area contributed by atoms with Crippen LogP contribution >= 0.6 is 11.6 Å². The van der Waals surface area contributed by atoms with Crippen LogP contribution in [-0.4, -0.2) is 19.6 Å². The Hall–Kier alpha value is -0.620. The van der Waals surface area contributed by atoms with Crippen molar-refractivity contribution in [2.45, 2.75) is 57.1 Å². The van der Waals surface area contributed by atoms with Crippen molar-refractivity contribution < 1.29 is 13.5 Å². The van der Waals surface area contributed by atoms with Crippen LogP contribution in [0.1, 0.15) is 43.7 Å². The van der Waals surface area contributed by atoms with E-state index >= 15 is 0 Å². The van der Waals surface area contributed by atoms with E-state index in [1.165, 1.54) is 18.9 Å². The fourth-order valence-electron chi connectivity index (χ4n) is 3.01. The smallest absolute Gasteiger partial charge is 0.241 e. The number of aliphatic hydroxyl groups is 1. The van der Waals surface area contributed by atoms with Gasteiger partial charge in [-0.15, -0.1) is 0 Å². The highest BCUT2D eigenvalue weighted by atomic mass is 35.5. The second kappa shape index (κ2) is 6.65. The summed E-state index contributed by atoms with van der Waals surface area (Å²) in [7, 11) is -3.63. The topological polar surface area (TPSA) is 66.4 Å². The first-order valence-electron chi connectivity index (χ1n) is 7.27. The van der Waals surface area contributed by atoms with Crippen LogP contribution in [-0.2, 0) is 16.6 Å². The molecule has 0 bridgehead atoms. The van der Waals surface area contributed by atoms with Gasteiger partial charge in [-0.3, -0.25) is 0 Å². The lowest BCUT2D eigenvalue weighted by molar-refractivity contribution is 0.280. The third kappa shape index (κ3) is 3.77. The minimum atomic E-state index is -3.63. The maximum Gasteiger partial charge on any atom is 0.241 e. The molecule has 21 heavy (non-hydrogen) atoms. The van der Waals surface area contributed by atoms with Gasteiger partial charge < -0.3 is 5.11 Å². The van der Waals surface area contributed by atoms with E-state index in [9.17, 15) is 13.5 Å². The molecule has 0 amide bonds. The summed E-state index contributed by atoms with van der Waals surface area (Å²) < 4.78 is 27.9. The van der Waals surface area contributed by atoms with Gasteiger partial charge >= 0.3 is 0 Å². The Bertz CT molecular complexity index is 610. The lowest BCUT2D eigenvalue weighted by Crippen LogP contribution is -2.37. The van der Waals surface area contributed by atoms with Crippen molar-refractivity contribution in [1.82, 2.24) is 4.72 Å². The van der Waals surface area contributed by atoms with Crippen molar-refractivity contribution in [3.05, 3.63) is 28.3 Å². The van der Waals surface area contributed by atoms with Gasteiger partial charge in [0.1, 0.15) is 0 Å². The first-order chi connectivity index (χ1) is 9.85. The third-order valence-corrected chi connectivity index (χ3v) is 6.24. The van der Waals surface area contributed by atoms with Crippen LogP contribution in [0.5, 0.6) is 0 Å². The zero-order valence-electron chi connectivity index (χ0n) is 12.4. The number of benzene rings is 1. The van der Waals surface area contributed by atoms with Gasteiger partial charge in [-0.05, 0) is 55.9 Å². The van der Waals surface area contributed by atoms with Crippen molar-refractivity contribution in [3.8, 4) is 0 Å². The van der Waals surface area contributed by atoms with E-state index in [2.05, 4.69) is 4.72 Å². The van der Waals surface area contributed by atoms with E-state index in [0.717, 1.165) is 12.8 Å². The Morgan fingerprint density at radius 2 is 2.00 bits per heavy atom. The van der Waals surface area contributed by atoms with Crippen molar-refractivity contribution in [3.63, 3.8) is 0 Å². The predicted octanol–water partition coefficient (Wildman–Crippen LogP) is 3.00. The molecule has 1 aromatic carbocycles.